The second-order valence-corrected chi connectivity index (χ2v) is 4.08. The Morgan fingerprint density at radius 2 is 2.15 bits per heavy atom. The standard InChI is InChI=1S/C15H14N2O3/c1-2-3-7-10-20-13-11-17(16-14(13)15(18)19)12-8-5-4-6-9-12/h1,4-6,8-9,11H,3,7,10H2,(H,18,19). The van der Waals surface area contributed by atoms with Crippen LogP contribution in [0.1, 0.15) is 23.3 Å². The molecule has 1 aromatic carbocycles. The number of para-hydroxylation sites is 1. The number of aromatic nitrogens is 2. The molecule has 0 amide bonds. The van der Waals surface area contributed by atoms with Gasteiger partial charge in [-0.15, -0.1) is 12.3 Å². The molecule has 0 radical (unpaired) electrons. The van der Waals surface area contributed by atoms with Crippen LogP contribution in [-0.4, -0.2) is 27.5 Å². The quantitative estimate of drug-likeness (QED) is 0.646. The van der Waals surface area contributed by atoms with Crippen molar-refractivity contribution in [3.05, 3.63) is 42.2 Å². The van der Waals surface area contributed by atoms with Crippen LogP contribution in [0.4, 0.5) is 0 Å². The first kappa shape index (κ1) is 13.7. The number of benzene rings is 1. The van der Waals surface area contributed by atoms with E-state index in [4.69, 9.17) is 16.3 Å². The zero-order valence-electron chi connectivity index (χ0n) is 10.8. The van der Waals surface area contributed by atoms with Crippen molar-refractivity contribution in [1.29, 1.82) is 0 Å². The van der Waals surface area contributed by atoms with Gasteiger partial charge in [-0.1, -0.05) is 18.2 Å². The summed E-state index contributed by atoms with van der Waals surface area (Å²) in [5, 5.41) is 13.2. The maximum atomic E-state index is 11.2. The molecule has 20 heavy (non-hydrogen) atoms. The van der Waals surface area contributed by atoms with Crippen LogP contribution in [0.3, 0.4) is 0 Å². The Labute approximate surface area is 116 Å². The van der Waals surface area contributed by atoms with Crippen molar-refractivity contribution in [2.75, 3.05) is 6.61 Å². The Balaban J connectivity index is 2.21. The fourth-order valence-electron chi connectivity index (χ4n) is 1.68. The normalized spacial score (nSPS) is 9.95. The van der Waals surface area contributed by atoms with E-state index in [1.807, 2.05) is 30.3 Å². The van der Waals surface area contributed by atoms with Crippen molar-refractivity contribution in [3.8, 4) is 23.8 Å². The molecule has 0 aliphatic carbocycles. The summed E-state index contributed by atoms with van der Waals surface area (Å²) in [6.45, 7) is 0.366. The summed E-state index contributed by atoms with van der Waals surface area (Å²) >= 11 is 0. The molecule has 0 atom stereocenters. The first-order valence-corrected chi connectivity index (χ1v) is 6.17. The van der Waals surface area contributed by atoms with E-state index in [2.05, 4.69) is 11.0 Å². The third kappa shape index (κ3) is 3.18. The first-order chi connectivity index (χ1) is 9.72. The molecule has 0 saturated carbocycles. The smallest absolute Gasteiger partial charge is 0.360 e. The largest absolute Gasteiger partial charge is 0.489 e. The van der Waals surface area contributed by atoms with Crippen molar-refractivity contribution >= 4 is 5.97 Å². The average molecular weight is 270 g/mol. The monoisotopic (exact) mass is 270 g/mol. The number of unbranched alkanes of at least 4 members (excludes halogenated alkanes) is 1. The van der Waals surface area contributed by atoms with Crippen LogP contribution in [0.15, 0.2) is 36.5 Å². The highest BCUT2D eigenvalue weighted by molar-refractivity contribution is 5.88. The second kappa shape index (κ2) is 6.43. The number of carboxylic acid groups (broad SMARTS) is 1. The number of nitrogens with zero attached hydrogens (tertiary/aromatic N) is 2. The summed E-state index contributed by atoms with van der Waals surface area (Å²) in [5.41, 5.74) is 0.669. The maximum Gasteiger partial charge on any atom is 0.360 e. The molecule has 0 spiro atoms. The zero-order chi connectivity index (χ0) is 14.4. The average Bonchev–Trinajstić information content (AvgIpc) is 2.89. The minimum atomic E-state index is -1.12. The number of aromatic carboxylic acids is 1. The van der Waals surface area contributed by atoms with E-state index in [1.54, 1.807) is 6.20 Å². The minimum Gasteiger partial charge on any atom is -0.489 e. The molecule has 1 aromatic heterocycles. The molecule has 0 fully saturated rings. The molecule has 2 aromatic rings. The molecular weight excluding hydrogens is 256 g/mol. The zero-order valence-corrected chi connectivity index (χ0v) is 10.8. The number of hydrogen-bond acceptors (Lipinski definition) is 3. The lowest BCUT2D eigenvalue weighted by Gasteiger charge is -2.02. The molecule has 0 saturated heterocycles. The highest BCUT2D eigenvalue weighted by atomic mass is 16.5. The summed E-state index contributed by atoms with van der Waals surface area (Å²) in [5.74, 6) is 1.63. The topological polar surface area (TPSA) is 64.4 Å². The molecule has 1 heterocycles. The maximum absolute atomic E-state index is 11.2. The molecule has 0 unspecified atom stereocenters. The lowest BCUT2D eigenvalue weighted by atomic mass is 10.3. The van der Waals surface area contributed by atoms with E-state index in [-0.39, 0.29) is 11.4 Å². The summed E-state index contributed by atoms with van der Waals surface area (Å²) in [4.78, 5) is 11.2. The number of terminal acetylenes is 1. The van der Waals surface area contributed by atoms with Crippen LogP contribution in [0, 0.1) is 12.3 Å². The van der Waals surface area contributed by atoms with Crippen LogP contribution < -0.4 is 4.74 Å². The van der Waals surface area contributed by atoms with Gasteiger partial charge in [-0.3, -0.25) is 0 Å². The number of ether oxygens (including phenoxy) is 1. The van der Waals surface area contributed by atoms with Gasteiger partial charge in [-0.05, 0) is 18.6 Å². The molecule has 102 valence electrons. The molecule has 1 N–H and O–H groups in total. The van der Waals surface area contributed by atoms with Crippen molar-refractivity contribution < 1.29 is 14.6 Å². The number of carboxylic acids is 1. The second-order valence-electron chi connectivity index (χ2n) is 4.08. The third-order valence-electron chi connectivity index (χ3n) is 2.63. The van der Waals surface area contributed by atoms with Crippen molar-refractivity contribution in [2.24, 2.45) is 0 Å². The van der Waals surface area contributed by atoms with Gasteiger partial charge in [-0.2, -0.15) is 5.10 Å². The summed E-state index contributed by atoms with van der Waals surface area (Å²) in [6.07, 6.45) is 7.98. The van der Waals surface area contributed by atoms with Crippen LogP contribution in [-0.2, 0) is 0 Å². The fraction of sp³-hybridized carbons (Fsp3) is 0.200. The van der Waals surface area contributed by atoms with Gasteiger partial charge in [0.1, 0.15) is 0 Å². The molecular formula is C15H14N2O3. The highest BCUT2D eigenvalue weighted by Crippen LogP contribution is 2.20. The van der Waals surface area contributed by atoms with E-state index in [0.29, 0.717) is 19.4 Å². The minimum absolute atomic E-state index is 0.102. The Kier molecular flexibility index (Phi) is 4.40. The highest BCUT2D eigenvalue weighted by Gasteiger charge is 2.17. The summed E-state index contributed by atoms with van der Waals surface area (Å²) < 4.78 is 6.93. The van der Waals surface area contributed by atoms with Crippen molar-refractivity contribution in [1.82, 2.24) is 9.78 Å². The van der Waals surface area contributed by atoms with Gasteiger partial charge in [0.25, 0.3) is 0 Å². The van der Waals surface area contributed by atoms with Crippen LogP contribution in [0.25, 0.3) is 5.69 Å². The van der Waals surface area contributed by atoms with Gasteiger partial charge >= 0.3 is 5.97 Å². The van der Waals surface area contributed by atoms with Gasteiger partial charge in [0.15, 0.2) is 5.75 Å². The van der Waals surface area contributed by atoms with Gasteiger partial charge in [0.05, 0.1) is 18.5 Å². The van der Waals surface area contributed by atoms with E-state index in [9.17, 15) is 4.79 Å². The molecule has 5 nitrogen and oxygen atoms in total. The van der Waals surface area contributed by atoms with E-state index in [1.165, 1.54) is 4.68 Å². The predicted octanol–water partition coefficient (Wildman–Crippen LogP) is 2.36. The van der Waals surface area contributed by atoms with Gasteiger partial charge in [-0.25, -0.2) is 9.48 Å². The van der Waals surface area contributed by atoms with Crippen LogP contribution in [0.2, 0.25) is 0 Å². The molecule has 2 rings (SSSR count). The summed E-state index contributed by atoms with van der Waals surface area (Å²) in [7, 11) is 0. The lowest BCUT2D eigenvalue weighted by molar-refractivity contribution is 0.0685. The number of carbonyl (C=O) groups is 1. The number of rotatable bonds is 6. The molecule has 0 bridgehead atoms. The van der Waals surface area contributed by atoms with Gasteiger partial charge in [0.2, 0.25) is 5.69 Å². The Morgan fingerprint density at radius 1 is 1.40 bits per heavy atom. The van der Waals surface area contributed by atoms with Crippen molar-refractivity contribution in [3.63, 3.8) is 0 Å². The van der Waals surface area contributed by atoms with Gasteiger partial charge < -0.3 is 9.84 Å². The number of hydrogen-bond donors (Lipinski definition) is 1. The molecule has 5 heteroatoms. The Morgan fingerprint density at radius 3 is 2.80 bits per heavy atom. The predicted molar refractivity (Wildman–Crippen MR) is 74.1 cm³/mol. The Bertz CT molecular complexity index is 626. The van der Waals surface area contributed by atoms with Crippen molar-refractivity contribution in [2.45, 2.75) is 12.8 Å². The van der Waals surface area contributed by atoms with E-state index >= 15 is 0 Å². The first-order valence-electron chi connectivity index (χ1n) is 6.17. The fourth-order valence-corrected chi connectivity index (χ4v) is 1.68. The SMILES string of the molecule is C#CCCCOc1cn(-c2ccccc2)nc1C(=O)O. The lowest BCUT2D eigenvalue weighted by Crippen LogP contribution is -2.04. The van der Waals surface area contributed by atoms with Crippen LogP contribution >= 0.6 is 0 Å². The van der Waals surface area contributed by atoms with Crippen LogP contribution in [0.5, 0.6) is 5.75 Å². The van der Waals surface area contributed by atoms with E-state index in [0.717, 1.165) is 5.69 Å². The molecule has 0 aliphatic rings. The van der Waals surface area contributed by atoms with E-state index < -0.39 is 5.97 Å². The van der Waals surface area contributed by atoms with Gasteiger partial charge in [0, 0.05) is 6.42 Å². The summed E-state index contributed by atoms with van der Waals surface area (Å²) in [6, 6.07) is 9.25. The Hall–Kier alpha value is -2.74. The molecule has 0 aliphatic heterocycles. The third-order valence-corrected chi connectivity index (χ3v) is 2.63.